The molecule has 0 fully saturated rings. The summed E-state index contributed by atoms with van der Waals surface area (Å²) in [5.74, 6) is 0.526. The van der Waals surface area contributed by atoms with Gasteiger partial charge in [0, 0.05) is 0 Å². The number of benzene rings is 1. The molecular formula is C20H19Cl2N5OS. The number of nitrogens with zero attached hydrogens (tertiary/aromatic N) is 3. The summed E-state index contributed by atoms with van der Waals surface area (Å²) < 4.78 is 5.37. The number of allylic oxidation sites excluding steroid dienone is 2. The summed E-state index contributed by atoms with van der Waals surface area (Å²) in [4.78, 5) is 9.64. The van der Waals surface area contributed by atoms with Gasteiger partial charge in [-0.05, 0) is 29.5 Å². The van der Waals surface area contributed by atoms with Crippen LogP contribution in [-0.2, 0) is 0 Å². The maximum absolute atomic E-state index is 6.08. The fraction of sp³-hybridized carbons (Fsp3) is 0.250. The lowest BCUT2D eigenvalue weighted by atomic mass is 9.83. The zero-order chi connectivity index (χ0) is 20.6. The molecule has 0 amide bonds. The van der Waals surface area contributed by atoms with Crippen LogP contribution >= 0.6 is 35.0 Å². The van der Waals surface area contributed by atoms with Gasteiger partial charge in [0.15, 0.2) is 0 Å². The second-order valence-electron chi connectivity index (χ2n) is 7.36. The molecule has 2 heterocycles. The maximum atomic E-state index is 6.08. The second-order valence-corrected chi connectivity index (χ2v) is 9.18. The number of aromatic nitrogens is 2. The SMILES string of the molecule is COc1ncnc2c1NC1=CC(C)(C)CC(NN=Cc3ccc(Cl)c(Cl)c3)=C1S2. The number of hydrazone groups is 1. The van der Waals surface area contributed by atoms with Gasteiger partial charge >= 0.3 is 0 Å². The Morgan fingerprint density at radius 3 is 2.86 bits per heavy atom. The minimum atomic E-state index is -0.0474. The Morgan fingerprint density at radius 1 is 1.28 bits per heavy atom. The Morgan fingerprint density at radius 2 is 2.10 bits per heavy atom. The quantitative estimate of drug-likeness (QED) is 0.368. The third-order valence-corrected chi connectivity index (χ3v) is 6.38. The van der Waals surface area contributed by atoms with Gasteiger partial charge in [-0.3, -0.25) is 5.43 Å². The van der Waals surface area contributed by atoms with Crippen molar-refractivity contribution in [2.24, 2.45) is 10.5 Å². The summed E-state index contributed by atoms with van der Waals surface area (Å²) in [7, 11) is 1.60. The minimum absolute atomic E-state index is 0.0474. The second kappa shape index (κ2) is 7.89. The van der Waals surface area contributed by atoms with Crippen LogP contribution in [0.15, 0.2) is 57.0 Å². The molecule has 1 aromatic heterocycles. The first kappa shape index (κ1) is 20.1. The Balaban J connectivity index is 1.64. The molecule has 1 aliphatic carbocycles. The van der Waals surface area contributed by atoms with E-state index in [0.29, 0.717) is 15.9 Å². The predicted octanol–water partition coefficient (Wildman–Crippen LogP) is 5.46. The van der Waals surface area contributed by atoms with Crippen molar-refractivity contribution in [2.75, 3.05) is 12.4 Å². The molecule has 1 aromatic carbocycles. The molecule has 0 atom stereocenters. The summed E-state index contributed by atoms with van der Waals surface area (Å²) in [6, 6.07) is 5.39. The first-order valence-electron chi connectivity index (χ1n) is 8.91. The Bertz CT molecular complexity index is 1060. The summed E-state index contributed by atoms with van der Waals surface area (Å²) in [6.07, 6.45) is 6.26. The number of thioether (sulfide) groups is 1. The Hall–Kier alpha value is -2.22. The third-order valence-electron chi connectivity index (χ3n) is 4.47. The van der Waals surface area contributed by atoms with Crippen LogP contribution in [0.4, 0.5) is 5.69 Å². The molecule has 0 bridgehead atoms. The molecular weight excluding hydrogens is 429 g/mol. The van der Waals surface area contributed by atoms with E-state index in [2.05, 4.69) is 45.7 Å². The minimum Gasteiger partial charge on any atom is -0.479 e. The maximum Gasteiger partial charge on any atom is 0.241 e. The van der Waals surface area contributed by atoms with Crippen LogP contribution in [0.25, 0.3) is 0 Å². The van der Waals surface area contributed by atoms with Gasteiger partial charge in [0.25, 0.3) is 0 Å². The summed E-state index contributed by atoms with van der Waals surface area (Å²) in [5, 5.41) is 9.69. The topological polar surface area (TPSA) is 71.4 Å². The van der Waals surface area contributed by atoms with E-state index in [1.165, 1.54) is 6.33 Å². The first-order valence-corrected chi connectivity index (χ1v) is 10.5. The van der Waals surface area contributed by atoms with Crippen molar-refractivity contribution in [3.63, 3.8) is 0 Å². The fourth-order valence-corrected chi connectivity index (χ4v) is 4.51. The lowest BCUT2D eigenvalue weighted by molar-refractivity contribution is 0.397. The normalized spacial score (nSPS) is 17.3. The van der Waals surface area contributed by atoms with Crippen LogP contribution in [-0.4, -0.2) is 23.3 Å². The number of fused-ring (bicyclic) bond motifs is 2. The first-order chi connectivity index (χ1) is 13.9. The number of hydrogen-bond acceptors (Lipinski definition) is 7. The molecule has 150 valence electrons. The van der Waals surface area contributed by atoms with Crippen molar-refractivity contribution in [1.29, 1.82) is 0 Å². The smallest absolute Gasteiger partial charge is 0.241 e. The van der Waals surface area contributed by atoms with E-state index in [4.69, 9.17) is 27.9 Å². The van der Waals surface area contributed by atoms with Crippen LogP contribution in [0, 0.1) is 5.41 Å². The molecule has 1 aliphatic heterocycles. The summed E-state index contributed by atoms with van der Waals surface area (Å²) in [5.41, 5.74) is 6.83. The monoisotopic (exact) mass is 447 g/mol. The van der Waals surface area contributed by atoms with Crippen LogP contribution in [0.3, 0.4) is 0 Å². The van der Waals surface area contributed by atoms with E-state index in [1.807, 2.05) is 6.07 Å². The van der Waals surface area contributed by atoms with Crippen LogP contribution in [0.5, 0.6) is 5.88 Å². The molecule has 2 aliphatic rings. The van der Waals surface area contributed by atoms with Gasteiger partial charge < -0.3 is 10.1 Å². The zero-order valence-corrected chi connectivity index (χ0v) is 18.4. The van der Waals surface area contributed by atoms with Gasteiger partial charge in [-0.1, -0.05) is 61.0 Å². The van der Waals surface area contributed by atoms with Gasteiger partial charge in [-0.15, -0.1) is 0 Å². The zero-order valence-electron chi connectivity index (χ0n) is 16.1. The molecule has 0 saturated heterocycles. The summed E-state index contributed by atoms with van der Waals surface area (Å²) in [6.45, 7) is 4.36. The molecule has 0 radical (unpaired) electrons. The van der Waals surface area contributed by atoms with E-state index >= 15 is 0 Å². The van der Waals surface area contributed by atoms with Gasteiger partial charge in [0.2, 0.25) is 5.88 Å². The van der Waals surface area contributed by atoms with Crippen molar-refractivity contribution in [3.05, 3.63) is 62.5 Å². The van der Waals surface area contributed by atoms with Crippen molar-refractivity contribution < 1.29 is 4.74 Å². The van der Waals surface area contributed by atoms with Crippen molar-refractivity contribution in [1.82, 2.24) is 15.4 Å². The highest BCUT2D eigenvalue weighted by atomic mass is 35.5. The standard InChI is InChI=1S/C20H19Cl2N5OS/c1-20(2)7-14-17(29-19-16(26-14)18(28-3)23-10-24-19)15(8-20)27-25-9-11-4-5-12(21)13(22)6-11/h4-7,9-10,26-27H,8H2,1-3H3. The lowest BCUT2D eigenvalue weighted by Gasteiger charge is -2.34. The summed E-state index contributed by atoms with van der Waals surface area (Å²) >= 11 is 13.6. The Kier molecular flexibility index (Phi) is 5.46. The van der Waals surface area contributed by atoms with E-state index in [-0.39, 0.29) is 5.41 Å². The molecule has 29 heavy (non-hydrogen) atoms. The third kappa shape index (κ3) is 4.22. The number of ether oxygens (including phenoxy) is 1. The van der Waals surface area contributed by atoms with E-state index in [1.54, 1.807) is 37.2 Å². The number of rotatable bonds is 4. The molecule has 0 spiro atoms. The van der Waals surface area contributed by atoms with E-state index < -0.39 is 0 Å². The highest BCUT2D eigenvalue weighted by molar-refractivity contribution is 8.03. The van der Waals surface area contributed by atoms with Crippen LogP contribution in [0.2, 0.25) is 10.0 Å². The van der Waals surface area contributed by atoms with Gasteiger partial charge in [-0.25, -0.2) is 4.98 Å². The number of halogens is 2. The van der Waals surface area contributed by atoms with Crippen LogP contribution < -0.4 is 15.5 Å². The molecule has 4 rings (SSSR count). The van der Waals surface area contributed by atoms with Crippen molar-refractivity contribution >= 4 is 46.9 Å². The highest BCUT2D eigenvalue weighted by Gasteiger charge is 2.33. The predicted molar refractivity (Wildman–Crippen MR) is 119 cm³/mol. The fourth-order valence-electron chi connectivity index (χ4n) is 3.21. The van der Waals surface area contributed by atoms with Crippen molar-refractivity contribution in [3.8, 4) is 5.88 Å². The largest absolute Gasteiger partial charge is 0.479 e. The van der Waals surface area contributed by atoms with Gasteiger partial charge in [-0.2, -0.15) is 10.1 Å². The number of methoxy groups -OCH3 is 1. The molecule has 2 N–H and O–H groups in total. The molecule has 9 heteroatoms. The molecule has 6 nitrogen and oxygen atoms in total. The van der Waals surface area contributed by atoms with E-state index in [0.717, 1.165) is 39.0 Å². The lowest BCUT2D eigenvalue weighted by Crippen LogP contribution is -2.26. The van der Waals surface area contributed by atoms with Crippen LogP contribution in [0.1, 0.15) is 25.8 Å². The van der Waals surface area contributed by atoms with E-state index in [9.17, 15) is 0 Å². The number of hydrogen-bond donors (Lipinski definition) is 2. The van der Waals surface area contributed by atoms with Gasteiger partial charge in [0.05, 0.1) is 39.7 Å². The average Bonchev–Trinajstić information content (AvgIpc) is 2.68. The number of nitrogens with one attached hydrogen (secondary N) is 2. The molecule has 2 aromatic rings. The molecule has 0 unspecified atom stereocenters. The Labute approximate surface area is 183 Å². The molecule has 0 saturated carbocycles. The van der Waals surface area contributed by atoms with Crippen molar-refractivity contribution in [2.45, 2.75) is 25.3 Å². The highest BCUT2D eigenvalue weighted by Crippen LogP contribution is 2.49. The average molecular weight is 448 g/mol. The van der Waals surface area contributed by atoms with Gasteiger partial charge in [0.1, 0.15) is 17.0 Å². The number of anilines is 1.